The molecule has 0 saturated carbocycles. The Morgan fingerprint density at radius 3 is 2.62 bits per heavy atom. The third kappa shape index (κ3) is 5.31. The normalized spacial score (nSPS) is 17.0. The molecule has 3 rings (SSSR count). The molecule has 1 aromatic heterocycles. The number of amides is 2. The number of benzene rings is 1. The summed E-state index contributed by atoms with van der Waals surface area (Å²) in [5.74, 6) is -0.0861. The van der Waals surface area contributed by atoms with Gasteiger partial charge < -0.3 is 15.0 Å². The van der Waals surface area contributed by atoms with Crippen molar-refractivity contribution in [1.82, 2.24) is 9.88 Å². The number of aromatic nitrogens is 1. The largest absolute Gasteiger partial charge is 0.478 e. The highest BCUT2D eigenvalue weighted by Crippen LogP contribution is 2.25. The van der Waals surface area contributed by atoms with E-state index in [9.17, 15) is 14.0 Å². The Hall–Kier alpha value is -2.96. The molecule has 1 unspecified atom stereocenters. The summed E-state index contributed by atoms with van der Waals surface area (Å²) in [6.07, 6.45) is 1.44. The molecule has 1 aromatic carbocycles. The number of aryl methyl sites for hydroxylation is 1. The number of nitrogens with zero attached hydrogens (tertiary/aromatic N) is 2. The number of hydrogen-bond donors (Lipinski definition) is 1. The fourth-order valence-electron chi connectivity index (χ4n) is 3.44. The van der Waals surface area contributed by atoms with Crippen LogP contribution in [-0.2, 0) is 9.59 Å². The van der Waals surface area contributed by atoms with Gasteiger partial charge in [0.25, 0.3) is 5.91 Å². The number of carbonyl (C=O) groups is 2. The zero-order chi connectivity index (χ0) is 21.0. The number of anilines is 1. The zero-order valence-electron chi connectivity index (χ0n) is 16.9. The lowest BCUT2D eigenvalue weighted by Gasteiger charge is -2.37. The Morgan fingerprint density at radius 1 is 1.21 bits per heavy atom. The molecular weight excluding hydrogens is 373 g/mol. The molecule has 1 aliphatic rings. The summed E-state index contributed by atoms with van der Waals surface area (Å²) in [4.78, 5) is 31.7. The maximum absolute atomic E-state index is 13.1. The second kappa shape index (κ2) is 8.59. The standard InChI is InChI=1S/C22H26FN3O3/c1-15-6-4-8-19(24-15)25-20(27)16-7-5-13-26(14-16)21(28)22(2,3)29-18-11-9-17(23)10-12-18/h4,6,8-12,16H,5,7,13-14H2,1-3H3,(H,24,25,27). The van der Waals surface area contributed by atoms with Crippen LogP contribution in [0.3, 0.4) is 0 Å². The maximum atomic E-state index is 13.1. The predicted molar refractivity (Wildman–Crippen MR) is 108 cm³/mol. The maximum Gasteiger partial charge on any atom is 0.266 e. The number of piperidine rings is 1. The van der Waals surface area contributed by atoms with Crippen molar-refractivity contribution >= 4 is 17.6 Å². The van der Waals surface area contributed by atoms with E-state index in [4.69, 9.17) is 4.74 Å². The van der Waals surface area contributed by atoms with Crippen molar-refractivity contribution < 1.29 is 18.7 Å². The van der Waals surface area contributed by atoms with E-state index in [-0.39, 0.29) is 23.5 Å². The molecule has 1 atom stereocenters. The van der Waals surface area contributed by atoms with Gasteiger partial charge in [0.1, 0.15) is 17.4 Å². The molecule has 2 amide bonds. The summed E-state index contributed by atoms with van der Waals surface area (Å²) >= 11 is 0. The third-order valence-corrected chi connectivity index (χ3v) is 4.92. The van der Waals surface area contributed by atoms with Crippen molar-refractivity contribution in [3.63, 3.8) is 0 Å². The van der Waals surface area contributed by atoms with Crippen molar-refractivity contribution in [3.8, 4) is 5.75 Å². The Balaban J connectivity index is 1.63. The number of rotatable bonds is 5. The van der Waals surface area contributed by atoms with Gasteiger partial charge in [-0.05, 0) is 70.0 Å². The van der Waals surface area contributed by atoms with Gasteiger partial charge in [-0.1, -0.05) is 6.07 Å². The second-order valence-electron chi connectivity index (χ2n) is 7.81. The average molecular weight is 399 g/mol. The first kappa shape index (κ1) is 20.8. The predicted octanol–water partition coefficient (Wildman–Crippen LogP) is 3.56. The van der Waals surface area contributed by atoms with Crippen LogP contribution in [0.4, 0.5) is 10.2 Å². The number of halogens is 1. The molecule has 6 nitrogen and oxygen atoms in total. The molecule has 154 valence electrons. The van der Waals surface area contributed by atoms with E-state index in [2.05, 4.69) is 10.3 Å². The SMILES string of the molecule is Cc1cccc(NC(=O)C2CCCN(C(=O)C(C)(C)Oc3ccc(F)cc3)C2)n1. The van der Waals surface area contributed by atoms with Gasteiger partial charge in [-0.3, -0.25) is 9.59 Å². The molecule has 0 aliphatic carbocycles. The summed E-state index contributed by atoms with van der Waals surface area (Å²) < 4.78 is 18.9. The van der Waals surface area contributed by atoms with E-state index in [1.807, 2.05) is 19.1 Å². The minimum Gasteiger partial charge on any atom is -0.478 e. The first-order chi connectivity index (χ1) is 13.7. The number of ether oxygens (including phenoxy) is 1. The minimum absolute atomic E-state index is 0.141. The van der Waals surface area contributed by atoms with Crippen molar-refractivity contribution in [2.45, 2.75) is 39.2 Å². The Labute approximate surface area is 170 Å². The monoisotopic (exact) mass is 399 g/mol. The van der Waals surface area contributed by atoms with Gasteiger partial charge in [0.15, 0.2) is 5.60 Å². The molecule has 0 bridgehead atoms. The summed E-state index contributed by atoms with van der Waals surface area (Å²) in [7, 11) is 0. The lowest BCUT2D eigenvalue weighted by molar-refractivity contribution is -0.148. The van der Waals surface area contributed by atoms with Gasteiger partial charge in [-0.25, -0.2) is 9.37 Å². The van der Waals surface area contributed by atoms with Crippen LogP contribution in [0.2, 0.25) is 0 Å². The molecule has 0 radical (unpaired) electrons. The van der Waals surface area contributed by atoms with E-state index in [1.54, 1.807) is 24.8 Å². The zero-order valence-corrected chi connectivity index (χ0v) is 16.9. The molecule has 2 aromatic rings. The minimum atomic E-state index is -1.13. The molecule has 1 aliphatic heterocycles. The van der Waals surface area contributed by atoms with Crippen molar-refractivity contribution in [2.75, 3.05) is 18.4 Å². The fourth-order valence-corrected chi connectivity index (χ4v) is 3.44. The Bertz CT molecular complexity index is 883. The van der Waals surface area contributed by atoms with Gasteiger partial charge >= 0.3 is 0 Å². The van der Waals surface area contributed by atoms with Crippen LogP contribution in [0.15, 0.2) is 42.5 Å². The first-order valence-corrected chi connectivity index (χ1v) is 9.73. The molecule has 1 saturated heterocycles. The smallest absolute Gasteiger partial charge is 0.266 e. The summed E-state index contributed by atoms with van der Waals surface area (Å²) in [6.45, 7) is 6.12. The number of likely N-dealkylation sites (tertiary alicyclic amines) is 1. The summed E-state index contributed by atoms with van der Waals surface area (Å²) in [6, 6.07) is 11.0. The Kier molecular flexibility index (Phi) is 6.15. The van der Waals surface area contributed by atoms with Gasteiger partial charge in [0.2, 0.25) is 5.91 Å². The topological polar surface area (TPSA) is 71.5 Å². The fraction of sp³-hybridized carbons (Fsp3) is 0.409. The van der Waals surface area contributed by atoms with Crippen LogP contribution in [-0.4, -0.2) is 40.4 Å². The van der Waals surface area contributed by atoms with Crippen molar-refractivity contribution in [2.24, 2.45) is 5.92 Å². The summed E-state index contributed by atoms with van der Waals surface area (Å²) in [5.41, 5.74) is -0.308. The Morgan fingerprint density at radius 2 is 1.93 bits per heavy atom. The van der Waals surface area contributed by atoms with E-state index in [0.717, 1.165) is 12.1 Å². The molecule has 1 N–H and O–H groups in total. The van der Waals surface area contributed by atoms with Crippen LogP contribution in [0.1, 0.15) is 32.4 Å². The van der Waals surface area contributed by atoms with E-state index in [1.165, 1.54) is 24.3 Å². The van der Waals surface area contributed by atoms with Gasteiger partial charge in [0.05, 0.1) is 5.92 Å². The van der Waals surface area contributed by atoms with Crippen molar-refractivity contribution in [1.29, 1.82) is 0 Å². The summed E-state index contributed by atoms with van der Waals surface area (Å²) in [5, 5.41) is 2.84. The number of hydrogen-bond acceptors (Lipinski definition) is 4. The lowest BCUT2D eigenvalue weighted by Crippen LogP contribution is -2.53. The van der Waals surface area contributed by atoms with E-state index >= 15 is 0 Å². The molecule has 0 spiro atoms. The van der Waals surface area contributed by atoms with Gasteiger partial charge in [-0.2, -0.15) is 0 Å². The van der Waals surface area contributed by atoms with Crippen LogP contribution in [0.5, 0.6) is 5.75 Å². The van der Waals surface area contributed by atoms with Crippen LogP contribution in [0, 0.1) is 18.7 Å². The first-order valence-electron chi connectivity index (χ1n) is 9.73. The molecule has 1 fully saturated rings. The molecule has 2 heterocycles. The molecular formula is C22H26FN3O3. The quantitative estimate of drug-likeness (QED) is 0.835. The average Bonchev–Trinajstić information content (AvgIpc) is 2.69. The van der Waals surface area contributed by atoms with Crippen LogP contribution >= 0.6 is 0 Å². The molecule has 29 heavy (non-hydrogen) atoms. The van der Waals surface area contributed by atoms with Crippen LogP contribution in [0.25, 0.3) is 0 Å². The number of nitrogens with one attached hydrogen (secondary N) is 1. The van der Waals surface area contributed by atoms with E-state index in [0.29, 0.717) is 31.1 Å². The number of carbonyl (C=O) groups excluding carboxylic acids is 2. The highest BCUT2D eigenvalue weighted by atomic mass is 19.1. The van der Waals surface area contributed by atoms with Gasteiger partial charge in [0, 0.05) is 18.8 Å². The lowest BCUT2D eigenvalue weighted by atomic mass is 9.95. The highest BCUT2D eigenvalue weighted by molar-refractivity contribution is 5.92. The number of pyridine rings is 1. The molecule has 7 heteroatoms. The van der Waals surface area contributed by atoms with E-state index < -0.39 is 5.60 Å². The highest BCUT2D eigenvalue weighted by Gasteiger charge is 2.38. The van der Waals surface area contributed by atoms with Crippen LogP contribution < -0.4 is 10.1 Å². The third-order valence-electron chi connectivity index (χ3n) is 4.92. The second-order valence-corrected chi connectivity index (χ2v) is 7.81. The van der Waals surface area contributed by atoms with Crippen molar-refractivity contribution in [3.05, 3.63) is 54.0 Å². The van der Waals surface area contributed by atoms with Gasteiger partial charge in [-0.15, -0.1) is 0 Å².